The van der Waals surface area contributed by atoms with Crippen LogP contribution in [-0.4, -0.2) is 31.8 Å². The molecular weight excluding hydrogens is 499 g/mol. The first-order chi connectivity index (χ1) is 16.7. The third-order valence-electron chi connectivity index (χ3n) is 5.18. The molecule has 188 valence electrons. The van der Waals surface area contributed by atoms with E-state index in [1.54, 1.807) is 39.0 Å². The van der Waals surface area contributed by atoms with E-state index in [0.29, 0.717) is 40.9 Å². The molecule has 0 fully saturated rings. The summed E-state index contributed by atoms with van der Waals surface area (Å²) < 4.78 is 54.6. The fourth-order valence-corrected chi connectivity index (χ4v) is 5.62. The van der Waals surface area contributed by atoms with Crippen molar-refractivity contribution >= 4 is 29.1 Å². The molecular formula is C25H26F3NO4S2. The fourth-order valence-electron chi connectivity index (χ4n) is 3.34. The molecule has 3 rings (SSSR count). The Hall–Kier alpha value is -2.72. The molecule has 5 nitrogen and oxygen atoms in total. The van der Waals surface area contributed by atoms with Crippen LogP contribution in [0.15, 0.2) is 41.3 Å². The van der Waals surface area contributed by atoms with E-state index in [9.17, 15) is 18.0 Å². The van der Waals surface area contributed by atoms with Crippen molar-refractivity contribution < 1.29 is 32.2 Å². The first kappa shape index (κ1) is 26.9. The Labute approximate surface area is 210 Å². The van der Waals surface area contributed by atoms with Crippen LogP contribution in [0.2, 0.25) is 0 Å². The lowest BCUT2D eigenvalue weighted by Gasteiger charge is -2.14. The summed E-state index contributed by atoms with van der Waals surface area (Å²) in [4.78, 5) is 18.3. The van der Waals surface area contributed by atoms with Crippen molar-refractivity contribution in [3.8, 4) is 22.1 Å². The number of esters is 1. The van der Waals surface area contributed by atoms with Gasteiger partial charge in [0.05, 0.1) is 37.0 Å². The molecule has 3 aromatic rings. The van der Waals surface area contributed by atoms with Crippen LogP contribution >= 0.6 is 23.1 Å². The van der Waals surface area contributed by atoms with E-state index in [1.807, 2.05) is 13.0 Å². The number of aromatic nitrogens is 1. The normalized spacial score (nSPS) is 11.4. The topological polar surface area (TPSA) is 57.7 Å². The first-order valence-corrected chi connectivity index (χ1v) is 12.6. The average Bonchev–Trinajstić information content (AvgIpc) is 3.21. The number of carbonyl (C=O) groups excluding carboxylic acids is 1. The van der Waals surface area contributed by atoms with Crippen LogP contribution < -0.4 is 9.47 Å². The summed E-state index contributed by atoms with van der Waals surface area (Å²) in [5, 5.41) is 0.670. The zero-order valence-corrected chi connectivity index (χ0v) is 21.5. The zero-order chi connectivity index (χ0) is 25.6. The predicted octanol–water partition coefficient (Wildman–Crippen LogP) is 6.94. The minimum Gasteiger partial charge on any atom is -0.496 e. The Morgan fingerprint density at radius 2 is 1.77 bits per heavy atom. The summed E-state index contributed by atoms with van der Waals surface area (Å²) >= 11 is 3.01. The number of methoxy groups -OCH3 is 2. The Morgan fingerprint density at radius 3 is 2.37 bits per heavy atom. The zero-order valence-electron chi connectivity index (χ0n) is 19.8. The van der Waals surface area contributed by atoms with Crippen LogP contribution in [0.4, 0.5) is 13.2 Å². The number of alkyl halides is 3. The second kappa shape index (κ2) is 11.8. The second-order valence-electron chi connectivity index (χ2n) is 7.51. The highest BCUT2D eigenvalue weighted by Gasteiger charge is 2.30. The summed E-state index contributed by atoms with van der Waals surface area (Å²) in [6.45, 7) is 3.99. The number of carbonyl (C=O) groups is 1. The number of rotatable bonds is 10. The van der Waals surface area contributed by atoms with Crippen molar-refractivity contribution in [2.45, 2.75) is 43.5 Å². The molecule has 10 heteroatoms. The molecule has 0 saturated carbocycles. The van der Waals surface area contributed by atoms with Gasteiger partial charge in [-0.15, -0.1) is 23.1 Å². The summed E-state index contributed by atoms with van der Waals surface area (Å²) in [6, 6.07) is 8.78. The smallest absolute Gasteiger partial charge is 0.416 e. The number of ether oxygens (including phenoxy) is 3. The van der Waals surface area contributed by atoms with Gasteiger partial charge in [-0.05, 0) is 44.0 Å². The number of hydrogen-bond acceptors (Lipinski definition) is 7. The first-order valence-electron chi connectivity index (χ1n) is 10.8. The van der Waals surface area contributed by atoms with E-state index < -0.39 is 11.7 Å². The van der Waals surface area contributed by atoms with Crippen molar-refractivity contribution in [2.24, 2.45) is 0 Å². The molecule has 0 spiro atoms. The van der Waals surface area contributed by atoms with E-state index in [1.165, 1.54) is 23.5 Å². The van der Waals surface area contributed by atoms with Crippen LogP contribution in [0.25, 0.3) is 10.6 Å². The highest BCUT2D eigenvalue weighted by Crippen LogP contribution is 2.40. The van der Waals surface area contributed by atoms with Crippen LogP contribution in [0.1, 0.15) is 35.0 Å². The van der Waals surface area contributed by atoms with Gasteiger partial charge in [-0.1, -0.05) is 12.1 Å². The van der Waals surface area contributed by atoms with Crippen LogP contribution in [0, 0.1) is 6.92 Å². The van der Waals surface area contributed by atoms with Gasteiger partial charge < -0.3 is 14.2 Å². The van der Waals surface area contributed by atoms with E-state index in [4.69, 9.17) is 14.2 Å². The Morgan fingerprint density at radius 1 is 1.09 bits per heavy atom. The van der Waals surface area contributed by atoms with Crippen molar-refractivity contribution in [2.75, 3.05) is 20.8 Å². The monoisotopic (exact) mass is 525 g/mol. The number of benzene rings is 2. The van der Waals surface area contributed by atoms with Gasteiger partial charge in [-0.3, -0.25) is 4.79 Å². The lowest BCUT2D eigenvalue weighted by atomic mass is 10.1. The minimum atomic E-state index is -4.37. The summed E-state index contributed by atoms with van der Waals surface area (Å²) in [7, 11) is 3.15. The Bertz CT molecular complexity index is 1160. The average molecular weight is 526 g/mol. The molecule has 0 atom stereocenters. The van der Waals surface area contributed by atoms with E-state index in [2.05, 4.69) is 4.98 Å². The summed E-state index contributed by atoms with van der Waals surface area (Å²) in [6.07, 6.45) is -3.66. The van der Waals surface area contributed by atoms with Gasteiger partial charge in [-0.2, -0.15) is 13.2 Å². The quantitative estimate of drug-likeness (QED) is 0.211. The number of halogens is 3. The standard InChI is InChI=1S/C25H26F3NO4S2/c1-5-33-23(30)11-8-17-12-21(20(32-4)13-19(17)31-3)34-14-22-15(2)29-24(35-22)16-6-9-18(10-7-16)25(26,27)28/h6-7,9-10,12-13H,5,8,11,14H2,1-4H3. The Kier molecular flexibility index (Phi) is 9.07. The van der Waals surface area contributed by atoms with Crippen molar-refractivity contribution in [3.05, 3.63) is 58.1 Å². The molecule has 0 aliphatic carbocycles. The van der Waals surface area contributed by atoms with Gasteiger partial charge >= 0.3 is 12.1 Å². The molecule has 0 saturated heterocycles. The maximum absolute atomic E-state index is 12.9. The molecule has 0 amide bonds. The highest BCUT2D eigenvalue weighted by molar-refractivity contribution is 7.98. The minimum absolute atomic E-state index is 0.241. The van der Waals surface area contributed by atoms with Crippen molar-refractivity contribution in [1.29, 1.82) is 0 Å². The van der Waals surface area contributed by atoms with Gasteiger partial charge in [0, 0.05) is 28.7 Å². The number of nitrogens with zero attached hydrogens (tertiary/aromatic N) is 1. The second-order valence-corrected chi connectivity index (χ2v) is 9.61. The van der Waals surface area contributed by atoms with Crippen LogP contribution in [-0.2, 0) is 27.9 Å². The molecule has 0 N–H and O–H groups in total. The third kappa shape index (κ3) is 6.91. The van der Waals surface area contributed by atoms with E-state index in [-0.39, 0.29) is 12.4 Å². The number of hydrogen-bond donors (Lipinski definition) is 0. The van der Waals surface area contributed by atoms with Gasteiger partial charge in [0.15, 0.2) is 0 Å². The molecule has 1 heterocycles. The van der Waals surface area contributed by atoms with E-state index in [0.717, 1.165) is 33.2 Å². The molecule has 35 heavy (non-hydrogen) atoms. The van der Waals surface area contributed by atoms with Gasteiger partial charge in [0.2, 0.25) is 0 Å². The van der Waals surface area contributed by atoms with Crippen molar-refractivity contribution in [1.82, 2.24) is 4.98 Å². The SMILES string of the molecule is CCOC(=O)CCc1cc(SCc2sc(-c3ccc(C(F)(F)F)cc3)nc2C)c(OC)cc1OC. The molecule has 0 aliphatic heterocycles. The lowest BCUT2D eigenvalue weighted by molar-refractivity contribution is -0.143. The van der Waals surface area contributed by atoms with E-state index >= 15 is 0 Å². The fraction of sp³-hybridized carbons (Fsp3) is 0.360. The van der Waals surface area contributed by atoms with Crippen LogP contribution in [0.3, 0.4) is 0 Å². The lowest BCUT2D eigenvalue weighted by Crippen LogP contribution is -2.06. The van der Waals surface area contributed by atoms with Gasteiger partial charge in [-0.25, -0.2) is 4.98 Å². The summed E-state index contributed by atoms with van der Waals surface area (Å²) in [5.41, 5.74) is 1.66. The van der Waals surface area contributed by atoms with Crippen molar-refractivity contribution in [3.63, 3.8) is 0 Å². The maximum atomic E-state index is 12.9. The largest absolute Gasteiger partial charge is 0.496 e. The molecule has 0 aliphatic rings. The van der Waals surface area contributed by atoms with Crippen LogP contribution in [0.5, 0.6) is 11.5 Å². The molecule has 2 aromatic carbocycles. The number of thiazole rings is 1. The van der Waals surface area contributed by atoms with Gasteiger partial charge in [0.1, 0.15) is 16.5 Å². The molecule has 0 radical (unpaired) electrons. The maximum Gasteiger partial charge on any atom is 0.416 e. The molecule has 0 unspecified atom stereocenters. The molecule has 1 aromatic heterocycles. The Balaban J connectivity index is 1.78. The number of thioether (sulfide) groups is 1. The number of aryl methyl sites for hydroxylation is 2. The van der Waals surface area contributed by atoms with Gasteiger partial charge in [0.25, 0.3) is 0 Å². The molecule has 0 bridgehead atoms. The predicted molar refractivity (Wildman–Crippen MR) is 131 cm³/mol. The highest BCUT2D eigenvalue weighted by atomic mass is 32.2. The third-order valence-corrected chi connectivity index (χ3v) is 7.63. The summed E-state index contributed by atoms with van der Waals surface area (Å²) in [5.74, 6) is 1.62.